The molecule has 10 nitrogen and oxygen atoms in total. The lowest BCUT2D eigenvalue weighted by molar-refractivity contribution is -0.159. The van der Waals surface area contributed by atoms with E-state index < -0.39 is 65.9 Å². The number of hydrogen-bond acceptors (Lipinski definition) is 7. The van der Waals surface area contributed by atoms with Gasteiger partial charge in [-0.15, -0.1) is 6.42 Å². The van der Waals surface area contributed by atoms with Gasteiger partial charge in [0.2, 0.25) is 11.8 Å². The molecule has 5 atom stereocenters. The van der Waals surface area contributed by atoms with Crippen molar-refractivity contribution in [3.8, 4) is 12.3 Å². The number of nitrogens with one attached hydrogen (secondary N) is 2. The van der Waals surface area contributed by atoms with Crippen LogP contribution in [-0.4, -0.2) is 69.8 Å². The number of esters is 1. The van der Waals surface area contributed by atoms with Gasteiger partial charge in [-0.2, -0.15) is 0 Å². The summed E-state index contributed by atoms with van der Waals surface area (Å²) in [5.41, 5.74) is -0.136. The number of aliphatic hydroxyl groups excluding tert-OH is 1. The molecule has 10 heteroatoms. The Balaban J connectivity index is 2.07. The average molecular weight is 620 g/mol. The van der Waals surface area contributed by atoms with Gasteiger partial charge in [0.05, 0.1) is 6.61 Å². The van der Waals surface area contributed by atoms with E-state index in [2.05, 4.69) is 16.6 Å². The summed E-state index contributed by atoms with van der Waals surface area (Å²) in [6, 6.07) is 11.7. The van der Waals surface area contributed by atoms with Crippen LogP contribution >= 0.6 is 0 Å². The van der Waals surface area contributed by atoms with Crippen LogP contribution < -0.4 is 10.6 Å². The average Bonchev–Trinajstić information content (AvgIpc) is 3.67. The second-order valence-electron chi connectivity index (χ2n) is 13.3. The van der Waals surface area contributed by atoms with Gasteiger partial charge in [0.1, 0.15) is 29.3 Å². The van der Waals surface area contributed by atoms with E-state index in [1.165, 1.54) is 4.90 Å². The van der Waals surface area contributed by atoms with Gasteiger partial charge in [0.15, 0.2) is 0 Å². The highest BCUT2D eigenvalue weighted by atomic mass is 16.6. The Bertz CT molecular complexity index is 1400. The van der Waals surface area contributed by atoms with E-state index in [4.69, 9.17) is 15.9 Å². The SMILES string of the molecule is C#Cc1ccccc1C(C(=O)NC(Cc1ccccc1)C(=O)OC(C)(C)C)N(C(=O)C(CO)NC(=O)OC(C)(C)C)C1CC1C. The molecule has 3 amide bonds. The molecule has 3 N–H and O–H groups in total. The van der Waals surface area contributed by atoms with Gasteiger partial charge in [0, 0.05) is 18.0 Å². The van der Waals surface area contributed by atoms with E-state index >= 15 is 0 Å². The Labute approximate surface area is 265 Å². The summed E-state index contributed by atoms with van der Waals surface area (Å²) in [4.78, 5) is 56.0. The van der Waals surface area contributed by atoms with Crippen molar-refractivity contribution in [2.45, 2.75) is 96.7 Å². The molecular formula is C35H45N3O7. The number of alkyl carbamates (subject to hydrolysis) is 1. The van der Waals surface area contributed by atoms with Gasteiger partial charge in [0.25, 0.3) is 0 Å². The zero-order chi connectivity index (χ0) is 33.5. The molecule has 0 saturated heterocycles. The lowest BCUT2D eigenvalue weighted by Gasteiger charge is -2.36. The highest BCUT2D eigenvalue weighted by Gasteiger charge is 2.49. The zero-order valence-corrected chi connectivity index (χ0v) is 27.1. The second kappa shape index (κ2) is 14.6. The lowest BCUT2D eigenvalue weighted by atomic mass is 9.96. The molecule has 0 aliphatic heterocycles. The van der Waals surface area contributed by atoms with E-state index in [1.807, 2.05) is 37.3 Å². The van der Waals surface area contributed by atoms with E-state index in [0.29, 0.717) is 17.5 Å². The molecule has 0 radical (unpaired) electrons. The zero-order valence-electron chi connectivity index (χ0n) is 27.1. The summed E-state index contributed by atoms with van der Waals surface area (Å²) in [6.07, 6.45) is 5.67. The molecule has 0 heterocycles. The molecule has 1 aliphatic carbocycles. The van der Waals surface area contributed by atoms with E-state index in [-0.39, 0.29) is 12.3 Å². The number of ether oxygens (including phenoxy) is 2. The minimum atomic E-state index is -1.41. The minimum Gasteiger partial charge on any atom is -0.458 e. The molecule has 0 bridgehead atoms. The van der Waals surface area contributed by atoms with Crippen molar-refractivity contribution in [2.24, 2.45) is 5.92 Å². The number of rotatable bonds is 11. The maximum absolute atomic E-state index is 14.4. The number of carbonyl (C=O) groups is 4. The molecule has 242 valence electrons. The first-order valence-electron chi connectivity index (χ1n) is 15.1. The largest absolute Gasteiger partial charge is 0.458 e. The molecular weight excluding hydrogens is 574 g/mol. The summed E-state index contributed by atoms with van der Waals surface area (Å²) >= 11 is 0. The fourth-order valence-electron chi connectivity index (χ4n) is 4.94. The van der Waals surface area contributed by atoms with Gasteiger partial charge in [-0.1, -0.05) is 61.4 Å². The number of aliphatic hydroxyl groups is 1. The van der Waals surface area contributed by atoms with Crippen molar-refractivity contribution < 1.29 is 33.8 Å². The summed E-state index contributed by atoms with van der Waals surface area (Å²) in [6.45, 7) is 11.4. The van der Waals surface area contributed by atoms with Crippen LogP contribution in [0.4, 0.5) is 4.79 Å². The van der Waals surface area contributed by atoms with Crippen LogP contribution in [0.25, 0.3) is 0 Å². The molecule has 5 unspecified atom stereocenters. The molecule has 1 aliphatic rings. The summed E-state index contributed by atoms with van der Waals surface area (Å²) in [7, 11) is 0. The Morgan fingerprint density at radius 1 is 0.933 bits per heavy atom. The first-order valence-corrected chi connectivity index (χ1v) is 15.1. The van der Waals surface area contributed by atoms with Crippen LogP contribution in [0.3, 0.4) is 0 Å². The topological polar surface area (TPSA) is 134 Å². The molecule has 2 aromatic rings. The van der Waals surface area contributed by atoms with Crippen molar-refractivity contribution in [1.82, 2.24) is 15.5 Å². The van der Waals surface area contributed by atoms with Gasteiger partial charge in [-0.05, 0) is 71.1 Å². The third-order valence-corrected chi connectivity index (χ3v) is 7.08. The second-order valence-corrected chi connectivity index (χ2v) is 13.3. The van der Waals surface area contributed by atoms with Gasteiger partial charge < -0.3 is 30.1 Å². The lowest BCUT2D eigenvalue weighted by Crippen LogP contribution is -2.56. The molecule has 1 saturated carbocycles. The monoisotopic (exact) mass is 619 g/mol. The van der Waals surface area contributed by atoms with E-state index in [9.17, 15) is 24.3 Å². The normalized spacial score (nSPS) is 17.9. The molecule has 0 aromatic heterocycles. The highest BCUT2D eigenvalue weighted by molar-refractivity contribution is 5.94. The first kappa shape index (κ1) is 35.1. The molecule has 45 heavy (non-hydrogen) atoms. The fraction of sp³-hybridized carbons (Fsp3) is 0.486. The van der Waals surface area contributed by atoms with Gasteiger partial charge in [-0.25, -0.2) is 9.59 Å². The Kier molecular flexibility index (Phi) is 11.4. The predicted octanol–water partition coefficient (Wildman–Crippen LogP) is 3.90. The number of nitrogens with zero attached hydrogens (tertiary/aromatic N) is 1. The van der Waals surface area contributed by atoms with Crippen LogP contribution in [0.15, 0.2) is 54.6 Å². The summed E-state index contributed by atoms with van der Waals surface area (Å²) in [5.74, 6) is 0.625. The van der Waals surface area contributed by atoms with Crippen molar-refractivity contribution in [1.29, 1.82) is 0 Å². The van der Waals surface area contributed by atoms with Crippen molar-refractivity contribution in [3.63, 3.8) is 0 Å². The van der Waals surface area contributed by atoms with Crippen LogP contribution in [0, 0.1) is 18.3 Å². The fourth-order valence-corrected chi connectivity index (χ4v) is 4.94. The quantitative estimate of drug-likeness (QED) is 0.257. The van der Waals surface area contributed by atoms with E-state index in [0.717, 1.165) is 5.56 Å². The third kappa shape index (κ3) is 10.1. The minimum absolute atomic E-state index is 0.0223. The first-order chi connectivity index (χ1) is 21.0. The molecule has 2 aromatic carbocycles. The standard InChI is InChI=1S/C35H45N3O7/c1-9-24-17-13-14-18-25(24)29(30(40)36-26(32(42)44-34(3,4)5)20-23-15-11-10-12-16-23)38(28-19-22(28)2)31(41)27(21-39)37-33(43)45-35(6,7)8/h1,10-18,22,26-29,39H,19-21H2,2-8H3,(H,36,40)(H,37,43). The molecule has 3 rings (SSSR count). The van der Waals surface area contributed by atoms with Gasteiger partial charge >= 0.3 is 12.1 Å². The Hall–Kier alpha value is -4.36. The smallest absolute Gasteiger partial charge is 0.408 e. The molecule has 1 fully saturated rings. The maximum atomic E-state index is 14.4. The van der Waals surface area contributed by atoms with Crippen LogP contribution in [-0.2, 0) is 30.3 Å². The Morgan fingerprint density at radius 2 is 1.51 bits per heavy atom. The number of carbonyl (C=O) groups excluding carboxylic acids is 4. The number of terminal acetylenes is 1. The van der Waals surface area contributed by atoms with Crippen LogP contribution in [0.2, 0.25) is 0 Å². The van der Waals surface area contributed by atoms with Crippen LogP contribution in [0.1, 0.15) is 77.6 Å². The van der Waals surface area contributed by atoms with Crippen molar-refractivity contribution in [2.75, 3.05) is 6.61 Å². The summed E-state index contributed by atoms with van der Waals surface area (Å²) in [5, 5.41) is 15.5. The van der Waals surface area contributed by atoms with E-state index in [1.54, 1.807) is 65.8 Å². The summed E-state index contributed by atoms with van der Waals surface area (Å²) < 4.78 is 11.0. The number of hydrogen-bond donors (Lipinski definition) is 3. The maximum Gasteiger partial charge on any atom is 0.408 e. The molecule has 0 spiro atoms. The predicted molar refractivity (Wildman–Crippen MR) is 170 cm³/mol. The number of benzene rings is 2. The van der Waals surface area contributed by atoms with Crippen LogP contribution in [0.5, 0.6) is 0 Å². The van der Waals surface area contributed by atoms with Crippen molar-refractivity contribution in [3.05, 3.63) is 71.3 Å². The van der Waals surface area contributed by atoms with Gasteiger partial charge in [-0.3, -0.25) is 9.59 Å². The van der Waals surface area contributed by atoms with Crippen molar-refractivity contribution >= 4 is 23.9 Å². The highest BCUT2D eigenvalue weighted by Crippen LogP contribution is 2.41. The number of amides is 3. The third-order valence-electron chi connectivity index (χ3n) is 7.08. The Morgan fingerprint density at radius 3 is 2.04 bits per heavy atom.